The molecule has 0 spiro atoms. The molecule has 1 amide bonds. The fourth-order valence-electron chi connectivity index (χ4n) is 3.84. The van der Waals surface area contributed by atoms with Crippen molar-refractivity contribution in [2.75, 3.05) is 26.2 Å². The van der Waals surface area contributed by atoms with E-state index in [0.29, 0.717) is 13.1 Å². The van der Waals surface area contributed by atoms with E-state index in [2.05, 4.69) is 22.9 Å². The number of nitrogens with zero attached hydrogens (tertiary/aromatic N) is 2. The highest BCUT2D eigenvalue weighted by atomic mass is 16.2. The molecular weight excluding hydrogens is 338 g/mol. The van der Waals surface area contributed by atoms with Gasteiger partial charge in [-0.1, -0.05) is 18.6 Å². The maximum absolute atomic E-state index is 12.8. The van der Waals surface area contributed by atoms with Gasteiger partial charge < -0.3 is 9.88 Å². The van der Waals surface area contributed by atoms with Crippen LogP contribution in [-0.4, -0.2) is 47.3 Å². The number of rotatable bonds is 10. The second-order valence-corrected chi connectivity index (χ2v) is 7.47. The smallest absolute Gasteiger partial charge is 0.234 e. The number of nitrogens with one attached hydrogen (secondary N) is 1. The number of hydrogen-bond acceptors (Lipinski definition) is 3. The van der Waals surface area contributed by atoms with Crippen molar-refractivity contribution in [1.82, 2.24) is 14.8 Å². The van der Waals surface area contributed by atoms with Crippen LogP contribution in [0.4, 0.5) is 0 Å². The average Bonchev–Trinajstić information content (AvgIpc) is 2.94. The van der Waals surface area contributed by atoms with Crippen molar-refractivity contribution >= 4 is 11.7 Å². The molecule has 5 nitrogen and oxygen atoms in total. The average molecular weight is 374 g/mol. The van der Waals surface area contributed by atoms with E-state index < -0.39 is 0 Å². The molecule has 0 aliphatic heterocycles. The fourth-order valence-corrected chi connectivity index (χ4v) is 3.84. The molecule has 0 aromatic carbocycles. The molecule has 1 aromatic rings. The molecule has 0 fully saturated rings. The van der Waals surface area contributed by atoms with Gasteiger partial charge in [-0.05, 0) is 65.5 Å². The van der Waals surface area contributed by atoms with Gasteiger partial charge in [-0.15, -0.1) is 0 Å². The summed E-state index contributed by atoms with van der Waals surface area (Å²) in [6.07, 6.45) is 8.51. The van der Waals surface area contributed by atoms with Gasteiger partial charge in [-0.25, -0.2) is 0 Å². The molecule has 0 unspecified atom stereocenters. The van der Waals surface area contributed by atoms with Crippen LogP contribution < -0.4 is 5.32 Å². The quantitative estimate of drug-likeness (QED) is 0.503. The number of amides is 1. The van der Waals surface area contributed by atoms with E-state index in [9.17, 15) is 9.59 Å². The molecule has 0 radical (unpaired) electrons. The van der Waals surface area contributed by atoms with Crippen LogP contribution in [0.1, 0.15) is 67.7 Å². The van der Waals surface area contributed by atoms with Gasteiger partial charge in [0.05, 0.1) is 13.1 Å². The van der Waals surface area contributed by atoms with E-state index in [4.69, 9.17) is 0 Å². The van der Waals surface area contributed by atoms with Crippen LogP contribution in [0.2, 0.25) is 0 Å². The Bertz CT molecular complexity index is 688. The molecule has 0 bridgehead atoms. The third-order valence-electron chi connectivity index (χ3n) is 5.47. The standard InChI is InChI=1S/C22H35N3O2/c1-5-23-22(27)16-24(6-2)15-21(26)20-14-17(3)25(18(20)4)13-12-19-10-8-7-9-11-19/h10,14H,5-9,11-13,15-16H2,1-4H3,(H,23,27). The molecule has 0 saturated carbocycles. The molecule has 1 heterocycles. The number of ketones is 1. The van der Waals surface area contributed by atoms with Crippen LogP contribution in [0, 0.1) is 13.8 Å². The first-order valence-electron chi connectivity index (χ1n) is 10.3. The van der Waals surface area contributed by atoms with Gasteiger partial charge in [-0.2, -0.15) is 0 Å². The third-order valence-corrected chi connectivity index (χ3v) is 5.47. The van der Waals surface area contributed by atoms with Gasteiger partial charge in [0.2, 0.25) is 5.91 Å². The molecule has 1 aromatic heterocycles. The van der Waals surface area contributed by atoms with E-state index in [1.54, 1.807) is 5.57 Å². The summed E-state index contributed by atoms with van der Waals surface area (Å²) in [6.45, 7) is 10.8. The number of Topliss-reactive ketones (excluding diaryl/α,β-unsaturated/α-hetero) is 1. The maximum atomic E-state index is 12.8. The van der Waals surface area contributed by atoms with Gasteiger partial charge in [0, 0.05) is 30.0 Å². The Morgan fingerprint density at radius 1 is 1.19 bits per heavy atom. The number of aryl methyl sites for hydroxylation is 1. The number of carbonyl (C=O) groups excluding carboxylic acids is 2. The predicted molar refractivity (Wildman–Crippen MR) is 110 cm³/mol. The molecule has 0 atom stereocenters. The van der Waals surface area contributed by atoms with E-state index in [-0.39, 0.29) is 24.8 Å². The zero-order valence-electron chi connectivity index (χ0n) is 17.4. The van der Waals surface area contributed by atoms with Gasteiger partial charge in [-0.3, -0.25) is 14.5 Å². The summed E-state index contributed by atoms with van der Waals surface area (Å²) >= 11 is 0. The fraction of sp³-hybridized carbons (Fsp3) is 0.636. The molecule has 1 N–H and O–H groups in total. The number of carbonyl (C=O) groups is 2. The first-order chi connectivity index (χ1) is 13.0. The van der Waals surface area contributed by atoms with Gasteiger partial charge >= 0.3 is 0 Å². The Balaban J connectivity index is 2.01. The van der Waals surface area contributed by atoms with E-state index >= 15 is 0 Å². The van der Waals surface area contributed by atoms with E-state index in [1.165, 1.54) is 25.7 Å². The summed E-state index contributed by atoms with van der Waals surface area (Å²) in [5.74, 6) is 0.0655. The third kappa shape index (κ3) is 6.06. The first kappa shape index (κ1) is 21.4. The van der Waals surface area contributed by atoms with Crippen molar-refractivity contribution in [2.45, 2.75) is 66.3 Å². The lowest BCUT2D eigenvalue weighted by Gasteiger charge is -2.19. The molecule has 0 saturated heterocycles. The van der Waals surface area contributed by atoms with Crippen molar-refractivity contribution < 1.29 is 9.59 Å². The summed E-state index contributed by atoms with van der Waals surface area (Å²) in [7, 11) is 0. The molecule has 1 aliphatic rings. The minimum Gasteiger partial charge on any atom is -0.355 e. The Kier molecular flexibility index (Phi) is 8.29. The number of likely N-dealkylation sites (N-methyl/N-ethyl adjacent to an activating group) is 2. The lowest BCUT2D eigenvalue weighted by atomic mass is 9.97. The van der Waals surface area contributed by atoms with Crippen molar-refractivity contribution in [3.05, 3.63) is 34.7 Å². The summed E-state index contributed by atoms with van der Waals surface area (Å²) in [6, 6.07) is 2.01. The Morgan fingerprint density at radius 3 is 2.59 bits per heavy atom. The second-order valence-electron chi connectivity index (χ2n) is 7.47. The number of aromatic nitrogens is 1. The highest BCUT2D eigenvalue weighted by Gasteiger charge is 2.19. The first-order valence-corrected chi connectivity index (χ1v) is 10.3. The van der Waals surface area contributed by atoms with Gasteiger partial charge in [0.15, 0.2) is 5.78 Å². The van der Waals surface area contributed by atoms with Crippen molar-refractivity contribution in [3.63, 3.8) is 0 Å². The summed E-state index contributed by atoms with van der Waals surface area (Å²) < 4.78 is 2.27. The van der Waals surface area contributed by atoms with Crippen LogP contribution in [0.25, 0.3) is 0 Å². The SMILES string of the molecule is CCNC(=O)CN(CC)CC(=O)c1cc(C)n(CCC2=CCCCC2)c1C. The van der Waals surface area contributed by atoms with Gasteiger partial charge in [0.1, 0.15) is 0 Å². The minimum absolute atomic E-state index is 0.0293. The lowest BCUT2D eigenvalue weighted by Crippen LogP contribution is -2.39. The predicted octanol–water partition coefficient (Wildman–Crippen LogP) is 3.64. The molecule has 2 rings (SSSR count). The van der Waals surface area contributed by atoms with E-state index in [0.717, 1.165) is 29.9 Å². The molecule has 5 heteroatoms. The monoisotopic (exact) mass is 373 g/mol. The Hall–Kier alpha value is -1.88. The highest BCUT2D eigenvalue weighted by Crippen LogP contribution is 2.23. The normalized spacial score (nSPS) is 14.3. The van der Waals surface area contributed by atoms with Crippen LogP contribution in [-0.2, 0) is 11.3 Å². The van der Waals surface area contributed by atoms with Crippen molar-refractivity contribution in [2.24, 2.45) is 0 Å². The second kappa shape index (κ2) is 10.5. The van der Waals surface area contributed by atoms with Crippen molar-refractivity contribution in [1.29, 1.82) is 0 Å². The topological polar surface area (TPSA) is 54.3 Å². The zero-order chi connectivity index (χ0) is 19.8. The molecular formula is C22H35N3O2. The molecule has 150 valence electrons. The summed E-state index contributed by atoms with van der Waals surface area (Å²) in [5, 5.41) is 2.79. The maximum Gasteiger partial charge on any atom is 0.234 e. The van der Waals surface area contributed by atoms with E-state index in [1.807, 2.05) is 31.7 Å². The zero-order valence-corrected chi connectivity index (χ0v) is 17.4. The Labute approximate surface area is 163 Å². The lowest BCUT2D eigenvalue weighted by molar-refractivity contribution is -0.121. The Morgan fingerprint density at radius 2 is 1.96 bits per heavy atom. The van der Waals surface area contributed by atoms with Crippen LogP contribution in [0.5, 0.6) is 0 Å². The number of hydrogen-bond donors (Lipinski definition) is 1. The van der Waals surface area contributed by atoms with Crippen LogP contribution >= 0.6 is 0 Å². The van der Waals surface area contributed by atoms with Gasteiger partial charge in [0.25, 0.3) is 0 Å². The van der Waals surface area contributed by atoms with Crippen molar-refractivity contribution in [3.8, 4) is 0 Å². The summed E-state index contributed by atoms with van der Waals surface area (Å²) in [4.78, 5) is 26.6. The van der Waals surface area contributed by atoms with Crippen LogP contribution in [0.15, 0.2) is 17.7 Å². The number of allylic oxidation sites excluding steroid dienone is 2. The largest absolute Gasteiger partial charge is 0.355 e. The molecule has 27 heavy (non-hydrogen) atoms. The highest BCUT2D eigenvalue weighted by molar-refractivity contribution is 5.99. The minimum atomic E-state index is -0.0293. The van der Waals surface area contributed by atoms with Crippen LogP contribution in [0.3, 0.4) is 0 Å². The molecule has 1 aliphatic carbocycles. The summed E-state index contributed by atoms with van der Waals surface area (Å²) in [5.41, 5.74) is 4.53.